The second-order valence-corrected chi connectivity index (χ2v) is 5.38. The summed E-state index contributed by atoms with van der Waals surface area (Å²) in [4.78, 5) is 24.2. The Balaban J connectivity index is 2.17. The van der Waals surface area contributed by atoms with Gasteiger partial charge in [0.1, 0.15) is 0 Å². The minimum Gasteiger partial charge on any atom is -0.493 e. The van der Waals surface area contributed by atoms with Crippen molar-refractivity contribution in [2.45, 2.75) is 6.54 Å². The minimum absolute atomic E-state index is 0.178. The first-order valence-corrected chi connectivity index (χ1v) is 7.93. The molecule has 7 nitrogen and oxygen atoms in total. The molecule has 0 aliphatic heterocycles. The highest BCUT2D eigenvalue weighted by atomic mass is 16.5. The fraction of sp³-hybridized carbons (Fsp3) is 0.263. The summed E-state index contributed by atoms with van der Waals surface area (Å²) < 4.78 is 15.8. The van der Waals surface area contributed by atoms with Gasteiger partial charge in [-0.2, -0.15) is 0 Å². The van der Waals surface area contributed by atoms with Crippen molar-refractivity contribution < 1.29 is 23.8 Å². The number of ether oxygens (including phenoxy) is 3. The Bertz CT molecular complexity index is 779. The van der Waals surface area contributed by atoms with E-state index in [1.807, 2.05) is 6.07 Å². The topological polar surface area (TPSA) is 85.9 Å². The van der Waals surface area contributed by atoms with E-state index >= 15 is 0 Å². The summed E-state index contributed by atoms with van der Waals surface area (Å²) in [6.07, 6.45) is 0. The summed E-state index contributed by atoms with van der Waals surface area (Å²) in [5.74, 6) is 0.750. The molecule has 0 aliphatic carbocycles. The third kappa shape index (κ3) is 4.24. The number of amides is 2. The summed E-state index contributed by atoms with van der Waals surface area (Å²) in [6.45, 7) is 0.278. The van der Waals surface area contributed by atoms with E-state index in [1.165, 1.54) is 21.3 Å². The third-order valence-electron chi connectivity index (χ3n) is 3.80. The molecule has 0 spiro atoms. The zero-order valence-corrected chi connectivity index (χ0v) is 15.2. The minimum atomic E-state index is -0.297. The summed E-state index contributed by atoms with van der Waals surface area (Å²) >= 11 is 0. The number of carbonyl (C=O) groups excluding carboxylic acids is 2. The molecule has 2 rings (SSSR count). The van der Waals surface area contributed by atoms with Gasteiger partial charge in [0.05, 0.1) is 21.3 Å². The van der Waals surface area contributed by atoms with Crippen LogP contribution in [0.15, 0.2) is 36.4 Å². The third-order valence-corrected chi connectivity index (χ3v) is 3.80. The maximum Gasteiger partial charge on any atom is 0.251 e. The predicted molar refractivity (Wildman–Crippen MR) is 97.1 cm³/mol. The van der Waals surface area contributed by atoms with Crippen LogP contribution in [-0.4, -0.2) is 40.2 Å². The van der Waals surface area contributed by atoms with E-state index in [2.05, 4.69) is 10.6 Å². The molecular weight excluding hydrogens is 336 g/mol. The smallest absolute Gasteiger partial charge is 0.251 e. The molecule has 0 aromatic heterocycles. The van der Waals surface area contributed by atoms with Crippen molar-refractivity contribution in [1.82, 2.24) is 10.6 Å². The second-order valence-electron chi connectivity index (χ2n) is 5.38. The number of nitrogens with one attached hydrogen (secondary N) is 2. The first kappa shape index (κ1) is 19.1. The van der Waals surface area contributed by atoms with Crippen molar-refractivity contribution in [1.29, 1.82) is 0 Å². The van der Waals surface area contributed by atoms with Crippen molar-refractivity contribution >= 4 is 11.8 Å². The summed E-state index contributed by atoms with van der Waals surface area (Å²) in [5.41, 5.74) is 1.72. The zero-order valence-electron chi connectivity index (χ0n) is 15.2. The van der Waals surface area contributed by atoms with Gasteiger partial charge >= 0.3 is 0 Å². The van der Waals surface area contributed by atoms with Crippen LogP contribution >= 0.6 is 0 Å². The van der Waals surface area contributed by atoms with E-state index in [4.69, 9.17) is 14.2 Å². The van der Waals surface area contributed by atoms with Gasteiger partial charge < -0.3 is 24.8 Å². The monoisotopic (exact) mass is 358 g/mol. The van der Waals surface area contributed by atoms with Gasteiger partial charge in [-0.15, -0.1) is 0 Å². The van der Waals surface area contributed by atoms with Crippen molar-refractivity contribution in [3.8, 4) is 17.2 Å². The van der Waals surface area contributed by atoms with Gasteiger partial charge in [0.2, 0.25) is 5.75 Å². The van der Waals surface area contributed by atoms with Crippen LogP contribution < -0.4 is 24.8 Å². The van der Waals surface area contributed by atoms with E-state index in [0.29, 0.717) is 28.4 Å². The van der Waals surface area contributed by atoms with Crippen LogP contribution in [0.5, 0.6) is 17.2 Å². The molecule has 2 aromatic rings. The van der Waals surface area contributed by atoms with E-state index in [0.717, 1.165) is 5.56 Å². The van der Waals surface area contributed by atoms with Crippen molar-refractivity contribution in [2.75, 3.05) is 28.4 Å². The van der Waals surface area contributed by atoms with Gasteiger partial charge in [0.25, 0.3) is 11.8 Å². The van der Waals surface area contributed by atoms with Gasteiger partial charge in [-0.05, 0) is 29.8 Å². The molecule has 2 aromatic carbocycles. The Morgan fingerprint density at radius 1 is 0.885 bits per heavy atom. The Labute approximate surface area is 152 Å². The van der Waals surface area contributed by atoms with Crippen LogP contribution in [0.1, 0.15) is 26.3 Å². The molecule has 0 heterocycles. The maximum absolute atomic E-state index is 12.5. The van der Waals surface area contributed by atoms with Gasteiger partial charge in [0, 0.05) is 24.7 Å². The van der Waals surface area contributed by atoms with E-state index in [1.54, 1.807) is 37.4 Å². The van der Waals surface area contributed by atoms with Crippen LogP contribution in [0.25, 0.3) is 0 Å². The highest BCUT2D eigenvalue weighted by molar-refractivity contribution is 5.96. The van der Waals surface area contributed by atoms with Crippen molar-refractivity contribution in [3.63, 3.8) is 0 Å². The second kappa shape index (κ2) is 8.75. The molecule has 2 N–H and O–H groups in total. The molecule has 0 radical (unpaired) electrons. The molecule has 0 fully saturated rings. The maximum atomic E-state index is 12.5. The lowest BCUT2D eigenvalue weighted by molar-refractivity contribution is 0.0948. The largest absolute Gasteiger partial charge is 0.493 e. The fourth-order valence-corrected chi connectivity index (χ4v) is 2.46. The average Bonchev–Trinajstić information content (AvgIpc) is 2.70. The Hall–Kier alpha value is -3.22. The van der Waals surface area contributed by atoms with Crippen LogP contribution in [-0.2, 0) is 6.54 Å². The van der Waals surface area contributed by atoms with E-state index < -0.39 is 0 Å². The van der Waals surface area contributed by atoms with E-state index in [-0.39, 0.29) is 18.4 Å². The standard InChI is InChI=1S/C19H22N2O5/c1-20-18(22)13-7-5-6-12(8-13)11-21-19(23)14-9-15(24-2)17(26-4)16(10-14)25-3/h5-10H,11H2,1-4H3,(H,20,22)(H,21,23). The first-order valence-electron chi connectivity index (χ1n) is 7.93. The molecule has 0 saturated heterocycles. The summed E-state index contributed by atoms with van der Waals surface area (Å²) in [5, 5.41) is 5.39. The van der Waals surface area contributed by atoms with Crippen molar-refractivity contribution in [3.05, 3.63) is 53.1 Å². The lowest BCUT2D eigenvalue weighted by Gasteiger charge is -2.14. The molecule has 0 bridgehead atoms. The molecular formula is C19H22N2O5. The van der Waals surface area contributed by atoms with Gasteiger partial charge in [-0.3, -0.25) is 9.59 Å². The number of hydrogen-bond donors (Lipinski definition) is 2. The molecule has 0 atom stereocenters. The fourth-order valence-electron chi connectivity index (χ4n) is 2.46. The number of methoxy groups -OCH3 is 3. The Morgan fingerprint density at radius 2 is 1.54 bits per heavy atom. The van der Waals surface area contributed by atoms with E-state index in [9.17, 15) is 9.59 Å². The van der Waals surface area contributed by atoms with Gasteiger partial charge in [-0.1, -0.05) is 12.1 Å². The molecule has 2 amide bonds. The Morgan fingerprint density at radius 3 is 2.08 bits per heavy atom. The van der Waals surface area contributed by atoms with Crippen LogP contribution in [0, 0.1) is 0 Å². The SMILES string of the molecule is CNC(=O)c1cccc(CNC(=O)c2cc(OC)c(OC)c(OC)c2)c1. The number of rotatable bonds is 7. The summed E-state index contributed by atoms with van der Waals surface area (Å²) in [7, 11) is 6.05. The Kier molecular flexibility index (Phi) is 6.43. The van der Waals surface area contributed by atoms with Crippen LogP contribution in [0.3, 0.4) is 0 Å². The molecule has 0 unspecified atom stereocenters. The zero-order chi connectivity index (χ0) is 19.1. The number of hydrogen-bond acceptors (Lipinski definition) is 5. The average molecular weight is 358 g/mol. The van der Waals surface area contributed by atoms with Gasteiger partial charge in [0.15, 0.2) is 11.5 Å². The molecule has 0 saturated carbocycles. The molecule has 26 heavy (non-hydrogen) atoms. The molecule has 7 heteroatoms. The number of carbonyl (C=O) groups is 2. The first-order chi connectivity index (χ1) is 12.5. The highest BCUT2D eigenvalue weighted by Gasteiger charge is 2.17. The lowest BCUT2D eigenvalue weighted by atomic mass is 10.1. The quantitative estimate of drug-likeness (QED) is 0.791. The normalized spacial score (nSPS) is 10.0. The number of benzene rings is 2. The highest BCUT2D eigenvalue weighted by Crippen LogP contribution is 2.38. The predicted octanol–water partition coefficient (Wildman–Crippen LogP) is 2.00. The van der Waals surface area contributed by atoms with Crippen LogP contribution in [0.2, 0.25) is 0 Å². The van der Waals surface area contributed by atoms with Crippen LogP contribution in [0.4, 0.5) is 0 Å². The molecule has 138 valence electrons. The van der Waals surface area contributed by atoms with Crippen molar-refractivity contribution in [2.24, 2.45) is 0 Å². The summed E-state index contributed by atoms with van der Waals surface area (Å²) in [6, 6.07) is 10.2. The van der Waals surface area contributed by atoms with Gasteiger partial charge in [-0.25, -0.2) is 0 Å². The molecule has 0 aliphatic rings. The lowest BCUT2D eigenvalue weighted by Crippen LogP contribution is -2.23.